The summed E-state index contributed by atoms with van der Waals surface area (Å²) in [5.41, 5.74) is 2.01. The minimum atomic E-state index is -1.12. The van der Waals surface area contributed by atoms with Crippen molar-refractivity contribution in [2.45, 2.75) is 26.1 Å². The average Bonchev–Trinajstić information content (AvgIpc) is 3.07. The van der Waals surface area contributed by atoms with Gasteiger partial charge in [-0.2, -0.15) is 0 Å². The highest BCUT2D eigenvalue weighted by Gasteiger charge is 2.34. The van der Waals surface area contributed by atoms with Crippen LogP contribution in [0.1, 0.15) is 23.0 Å². The quantitative estimate of drug-likeness (QED) is 0.722. The minimum absolute atomic E-state index is 0.0709. The minimum Gasteiger partial charge on any atom is -0.479 e. The molecule has 1 fully saturated rings. The van der Waals surface area contributed by atoms with Crippen LogP contribution in [0.3, 0.4) is 0 Å². The van der Waals surface area contributed by atoms with Crippen LogP contribution < -0.4 is 0 Å². The van der Waals surface area contributed by atoms with E-state index in [1.54, 1.807) is 32.0 Å². The lowest BCUT2D eigenvalue weighted by Gasteiger charge is -2.35. The summed E-state index contributed by atoms with van der Waals surface area (Å²) < 4.78 is 23.9. The van der Waals surface area contributed by atoms with Gasteiger partial charge in [0.05, 0.1) is 35.0 Å². The van der Waals surface area contributed by atoms with Gasteiger partial charge in [-0.25, -0.2) is 14.2 Å². The fourth-order valence-electron chi connectivity index (χ4n) is 3.46. The number of morpholine rings is 1. The Kier molecular flexibility index (Phi) is 4.75. The van der Waals surface area contributed by atoms with E-state index in [9.17, 15) is 19.1 Å². The number of carbonyl (C=O) groups excluding carboxylic acids is 1. The Bertz CT molecular complexity index is 1100. The Labute approximate surface area is 164 Å². The Morgan fingerprint density at radius 1 is 1.24 bits per heavy atom. The zero-order chi connectivity index (χ0) is 20.7. The number of rotatable bonds is 3. The number of hydrogen-bond acceptors (Lipinski definition) is 6. The molecule has 8 nitrogen and oxygen atoms in total. The van der Waals surface area contributed by atoms with Crippen molar-refractivity contribution in [3.8, 4) is 11.3 Å². The van der Waals surface area contributed by atoms with Crippen molar-refractivity contribution in [2.24, 2.45) is 0 Å². The molecule has 3 heterocycles. The van der Waals surface area contributed by atoms with Crippen LogP contribution in [0.2, 0.25) is 0 Å². The molecule has 2 aromatic heterocycles. The van der Waals surface area contributed by atoms with Gasteiger partial charge in [0.2, 0.25) is 0 Å². The number of aromatic nitrogens is 2. The number of nitrogens with zero attached hydrogens (tertiary/aromatic N) is 3. The summed E-state index contributed by atoms with van der Waals surface area (Å²) in [5, 5.41) is 13.7. The van der Waals surface area contributed by atoms with Gasteiger partial charge in [-0.05, 0) is 44.2 Å². The van der Waals surface area contributed by atoms with E-state index in [1.807, 2.05) is 0 Å². The summed E-state index contributed by atoms with van der Waals surface area (Å²) in [7, 11) is 0. The standard InChI is InChI=1S/C20H18FN3O5/c1-10-8-24(9-16(28-10)20(26)27)19(25)14-7-15(12-3-5-13(21)6-4-12)22-18-17(14)11(2)23-29-18/h3-7,10,16H,8-9H2,1-2H3,(H,26,27)/t10-,16?/m1/s1. The summed E-state index contributed by atoms with van der Waals surface area (Å²) in [6.45, 7) is 3.59. The van der Waals surface area contributed by atoms with Crippen LogP contribution in [0.4, 0.5) is 4.39 Å². The third kappa shape index (κ3) is 3.56. The number of carboxylic acids is 1. The summed E-state index contributed by atoms with van der Waals surface area (Å²) in [5.74, 6) is -1.88. The largest absolute Gasteiger partial charge is 0.479 e. The van der Waals surface area contributed by atoms with Crippen molar-refractivity contribution in [3.05, 3.63) is 47.4 Å². The maximum atomic E-state index is 13.3. The van der Waals surface area contributed by atoms with Crippen LogP contribution in [0.15, 0.2) is 34.9 Å². The molecule has 4 rings (SSSR count). The summed E-state index contributed by atoms with van der Waals surface area (Å²) >= 11 is 0. The van der Waals surface area contributed by atoms with E-state index in [0.717, 1.165) is 0 Å². The first kappa shape index (κ1) is 19.0. The first-order chi connectivity index (χ1) is 13.8. The van der Waals surface area contributed by atoms with E-state index in [2.05, 4.69) is 10.1 Å². The van der Waals surface area contributed by atoms with E-state index in [-0.39, 0.29) is 30.5 Å². The molecular formula is C20H18FN3O5. The molecule has 1 amide bonds. The number of hydrogen-bond donors (Lipinski definition) is 1. The van der Waals surface area contributed by atoms with Gasteiger partial charge in [-0.3, -0.25) is 4.79 Å². The molecule has 3 aromatic rings. The fourth-order valence-corrected chi connectivity index (χ4v) is 3.46. The van der Waals surface area contributed by atoms with Gasteiger partial charge >= 0.3 is 5.97 Å². The number of aryl methyl sites for hydroxylation is 1. The number of ether oxygens (including phenoxy) is 1. The number of benzene rings is 1. The molecule has 29 heavy (non-hydrogen) atoms. The van der Waals surface area contributed by atoms with Gasteiger partial charge in [-0.15, -0.1) is 0 Å². The molecule has 1 aromatic carbocycles. The Morgan fingerprint density at radius 2 is 1.97 bits per heavy atom. The van der Waals surface area contributed by atoms with Gasteiger partial charge in [-0.1, -0.05) is 5.16 Å². The van der Waals surface area contributed by atoms with Crippen LogP contribution in [0.25, 0.3) is 22.4 Å². The Morgan fingerprint density at radius 3 is 2.66 bits per heavy atom. The van der Waals surface area contributed by atoms with Crippen LogP contribution in [-0.2, 0) is 9.53 Å². The predicted molar refractivity (Wildman–Crippen MR) is 99.8 cm³/mol. The van der Waals surface area contributed by atoms with Crippen molar-refractivity contribution in [1.82, 2.24) is 15.0 Å². The van der Waals surface area contributed by atoms with Gasteiger partial charge in [0.15, 0.2) is 6.10 Å². The lowest BCUT2D eigenvalue weighted by atomic mass is 10.0. The lowest BCUT2D eigenvalue weighted by Crippen LogP contribution is -2.51. The number of pyridine rings is 1. The Hall–Kier alpha value is -3.33. The molecule has 1 N–H and O–H groups in total. The SMILES string of the molecule is Cc1noc2nc(-c3ccc(F)cc3)cc(C(=O)N3CC(C(=O)O)O[C@H](C)C3)c12. The number of amides is 1. The monoisotopic (exact) mass is 399 g/mol. The summed E-state index contributed by atoms with van der Waals surface area (Å²) in [6.07, 6.45) is -1.52. The van der Waals surface area contributed by atoms with Gasteiger partial charge in [0.25, 0.3) is 11.6 Å². The first-order valence-corrected chi connectivity index (χ1v) is 9.04. The molecule has 150 valence electrons. The molecule has 0 saturated carbocycles. The molecule has 9 heteroatoms. The molecule has 0 radical (unpaired) electrons. The highest BCUT2D eigenvalue weighted by Crippen LogP contribution is 2.29. The normalized spacial score (nSPS) is 19.5. The second kappa shape index (κ2) is 7.25. The Balaban J connectivity index is 1.79. The maximum absolute atomic E-state index is 13.3. The van der Waals surface area contributed by atoms with Crippen LogP contribution >= 0.6 is 0 Å². The summed E-state index contributed by atoms with van der Waals surface area (Å²) in [6, 6.07) is 7.30. The molecule has 0 bridgehead atoms. The fraction of sp³-hybridized carbons (Fsp3) is 0.300. The van der Waals surface area contributed by atoms with E-state index < -0.39 is 18.2 Å². The van der Waals surface area contributed by atoms with E-state index >= 15 is 0 Å². The topological polar surface area (TPSA) is 106 Å². The molecule has 1 unspecified atom stereocenters. The number of fused-ring (bicyclic) bond motifs is 1. The molecule has 1 aliphatic rings. The molecule has 0 spiro atoms. The van der Waals surface area contributed by atoms with Gasteiger partial charge in [0, 0.05) is 12.1 Å². The number of carbonyl (C=O) groups is 2. The van der Waals surface area contributed by atoms with E-state index in [0.29, 0.717) is 27.9 Å². The summed E-state index contributed by atoms with van der Waals surface area (Å²) in [4.78, 5) is 30.6. The smallest absolute Gasteiger partial charge is 0.334 e. The van der Waals surface area contributed by atoms with E-state index in [4.69, 9.17) is 9.26 Å². The first-order valence-electron chi connectivity index (χ1n) is 9.04. The van der Waals surface area contributed by atoms with Gasteiger partial charge < -0.3 is 19.3 Å². The van der Waals surface area contributed by atoms with Crippen molar-refractivity contribution in [3.63, 3.8) is 0 Å². The van der Waals surface area contributed by atoms with Crippen molar-refractivity contribution in [1.29, 1.82) is 0 Å². The van der Waals surface area contributed by atoms with E-state index in [1.165, 1.54) is 17.0 Å². The molecule has 2 atom stereocenters. The van der Waals surface area contributed by atoms with Gasteiger partial charge in [0.1, 0.15) is 5.82 Å². The highest BCUT2D eigenvalue weighted by atomic mass is 19.1. The average molecular weight is 399 g/mol. The zero-order valence-corrected chi connectivity index (χ0v) is 15.8. The van der Waals surface area contributed by atoms with Crippen molar-refractivity contribution in [2.75, 3.05) is 13.1 Å². The van der Waals surface area contributed by atoms with Crippen LogP contribution in [0.5, 0.6) is 0 Å². The van der Waals surface area contributed by atoms with Crippen LogP contribution in [-0.4, -0.2) is 57.3 Å². The highest BCUT2D eigenvalue weighted by molar-refractivity contribution is 6.07. The second-order valence-corrected chi connectivity index (χ2v) is 6.99. The van der Waals surface area contributed by atoms with Crippen molar-refractivity contribution >= 4 is 23.0 Å². The zero-order valence-electron chi connectivity index (χ0n) is 15.8. The molecule has 0 aliphatic carbocycles. The lowest BCUT2D eigenvalue weighted by molar-refractivity contribution is -0.160. The number of aliphatic carboxylic acids is 1. The molecular weight excluding hydrogens is 381 g/mol. The molecule has 1 saturated heterocycles. The number of halogens is 1. The maximum Gasteiger partial charge on any atom is 0.334 e. The predicted octanol–water partition coefficient (Wildman–Crippen LogP) is 2.65. The second-order valence-electron chi connectivity index (χ2n) is 6.99. The molecule has 1 aliphatic heterocycles. The van der Waals surface area contributed by atoms with Crippen molar-refractivity contribution < 1.29 is 28.3 Å². The third-order valence-electron chi connectivity index (χ3n) is 4.81. The third-order valence-corrected chi connectivity index (χ3v) is 4.81. The van der Waals surface area contributed by atoms with Crippen LogP contribution in [0, 0.1) is 12.7 Å². The number of carboxylic acid groups (broad SMARTS) is 1.